The predicted octanol–water partition coefficient (Wildman–Crippen LogP) is 6.55. The van der Waals surface area contributed by atoms with Crippen molar-refractivity contribution in [2.45, 2.75) is 6.92 Å². The Hall–Kier alpha value is -3.11. The molecule has 1 saturated heterocycles. The highest BCUT2D eigenvalue weighted by Gasteiger charge is 2.30. The third-order valence-corrected chi connectivity index (χ3v) is 6.14. The molecule has 1 aliphatic heterocycles. The number of amides is 1. The molecular weight excluding hydrogens is 376 g/mol. The van der Waals surface area contributed by atoms with E-state index in [0.717, 1.165) is 44.7 Å². The molecule has 5 rings (SSSR count). The van der Waals surface area contributed by atoms with E-state index >= 15 is 0 Å². The van der Waals surface area contributed by atoms with Gasteiger partial charge in [0.05, 0.1) is 16.9 Å². The number of pyridine rings is 1. The molecule has 2 heterocycles. The lowest BCUT2D eigenvalue weighted by atomic mass is 9.94. The lowest BCUT2D eigenvalue weighted by molar-refractivity contribution is 0.266. The molecule has 0 bridgehead atoms. The maximum Gasteiger partial charge on any atom is 0.286 e. The number of fused-ring (bicyclic) bond motifs is 1. The van der Waals surface area contributed by atoms with Gasteiger partial charge in [0.2, 0.25) is 0 Å². The van der Waals surface area contributed by atoms with Crippen molar-refractivity contribution in [3.8, 4) is 22.4 Å². The smallest absolute Gasteiger partial charge is 0.286 e. The summed E-state index contributed by atoms with van der Waals surface area (Å²) in [5.74, 6) is 0.799. The van der Waals surface area contributed by atoms with E-state index in [1.807, 2.05) is 41.3 Å². The van der Waals surface area contributed by atoms with Crippen LogP contribution in [0.4, 0.5) is 10.5 Å². The molecule has 3 nitrogen and oxygen atoms in total. The maximum atomic E-state index is 12.8. The lowest BCUT2D eigenvalue weighted by Gasteiger charge is -2.24. The van der Waals surface area contributed by atoms with Gasteiger partial charge < -0.3 is 0 Å². The van der Waals surface area contributed by atoms with E-state index in [1.54, 1.807) is 0 Å². The second-order valence-corrected chi connectivity index (χ2v) is 8.25. The van der Waals surface area contributed by atoms with Crippen molar-refractivity contribution in [1.82, 2.24) is 4.98 Å². The molecule has 0 spiro atoms. The Morgan fingerprint density at radius 2 is 1.59 bits per heavy atom. The van der Waals surface area contributed by atoms with Crippen LogP contribution in [-0.4, -0.2) is 22.5 Å². The zero-order chi connectivity index (χ0) is 19.8. The quantitative estimate of drug-likeness (QED) is 0.394. The van der Waals surface area contributed by atoms with Crippen molar-refractivity contribution in [1.29, 1.82) is 0 Å². The Kier molecular flexibility index (Phi) is 4.57. The van der Waals surface area contributed by atoms with Gasteiger partial charge in [-0.05, 0) is 18.6 Å². The summed E-state index contributed by atoms with van der Waals surface area (Å²) in [5, 5.41) is 1.15. The number of thioether (sulfide) groups is 1. The van der Waals surface area contributed by atoms with Crippen LogP contribution in [0, 0.1) is 6.92 Å². The van der Waals surface area contributed by atoms with Crippen LogP contribution >= 0.6 is 11.8 Å². The number of rotatable bonds is 3. The summed E-state index contributed by atoms with van der Waals surface area (Å²) in [6.45, 7) is 2.77. The van der Waals surface area contributed by atoms with Crippen LogP contribution in [0.25, 0.3) is 33.3 Å². The van der Waals surface area contributed by atoms with Crippen molar-refractivity contribution >= 4 is 33.6 Å². The largest absolute Gasteiger partial charge is 0.300 e. The Morgan fingerprint density at radius 1 is 0.862 bits per heavy atom. The average molecular weight is 397 g/mol. The highest BCUT2D eigenvalue weighted by atomic mass is 32.2. The fraction of sp³-hybridized carbons (Fsp3) is 0.120. The average Bonchev–Trinajstić information content (AvgIpc) is 3.19. The van der Waals surface area contributed by atoms with E-state index in [2.05, 4.69) is 49.4 Å². The summed E-state index contributed by atoms with van der Waals surface area (Å²) in [7, 11) is 0. The molecule has 0 N–H and O–H groups in total. The standard InChI is InChI=1S/C25H20N2OS/c1-17-11-13-19(14-12-17)23-24(27-15-16-29-25(27)28)22(18-7-3-2-4-8-18)20-9-5-6-10-21(20)26-23/h2-14H,15-16H2,1H3. The molecule has 0 atom stereocenters. The first-order valence-corrected chi connectivity index (χ1v) is 10.7. The molecular formula is C25H20N2OS. The fourth-order valence-electron chi connectivity index (χ4n) is 3.87. The van der Waals surface area contributed by atoms with Gasteiger partial charge in [-0.3, -0.25) is 9.69 Å². The second-order valence-electron chi connectivity index (χ2n) is 7.20. The number of hydrogen-bond donors (Lipinski definition) is 0. The Labute approximate surface area is 174 Å². The van der Waals surface area contributed by atoms with E-state index < -0.39 is 0 Å². The molecule has 0 unspecified atom stereocenters. The number of para-hydroxylation sites is 1. The van der Waals surface area contributed by atoms with Crippen molar-refractivity contribution in [3.63, 3.8) is 0 Å². The number of aromatic nitrogens is 1. The molecule has 1 aliphatic rings. The van der Waals surface area contributed by atoms with Gasteiger partial charge in [-0.2, -0.15) is 0 Å². The molecule has 1 amide bonds. The van der Waals surface area contributed by atoms with Gasteiger partial charge >= 0.3 is 0 Å². The molecule has 0 saturated carbocycles. The zero-order valence-corrected chi connectivity index (χ0v) is 16.9. The molecule has 1 aromatic heterocycles. The summed E-state index contributed by atoms with van der Waals surface area (Å²) in [5.41, 5.74) is 7.10. The Balaban J connectivity index is 1.91. The third kappa shape index (κ3) is 3.19. The summed E-state index contributed by atoms with van der Waals surface area (Å²) in [6.07, 6.45) is 0. The third-order valence-electron chi connectivity index (χ3n) is 5.28. The van der Waals surface area contributed by atoms with Gasteiger partial charge in [0, 0.05) is 28.8 Å². The van der Waals surface area contributed by atoms with Crippen LogP contribution in [0.15, 0.2) is 78.9 Å². The van der Waals surface area contributed by atoms with Crippen LogP contribution in [0.1, 0.15) is 5.56 Å². The van der Waals surface area contributed by atoms with Crippen molar-refractivity contribution < 1.29 is 4.79 Å². The van der Waals surface area contributed by atoms with Gasteiger partial charge in [0.25, 0.3) is 5.24 Å². The number of carbonyl (C=O) groups is 1. The van der Waals surface area contributed by atoms with Crippen LogP contribution < -0.4 is 4.90 Å². The van der Waals surface area contributed by atoms with Crippen LogP contribution in [0.3, 0.4) is 0 Å². The number of hydrogen-bond acceptors (Lipinski definition) is 3. The Bertz CT molecular complexity index is 1200. The molecule has 0 radical (unpaired) electrons. The van der Waals surface area contributed by atoms with E-state index in [9.17, 15) is 4.79 Å². The topological polar surface area (TPSA) is 33.2 Å². The van der Waals surface area contributed by atoms with Gasteiger partial charge in [0.15, 0.2) is 0 Å². The van der Waals surface area contributed by atoms with Gasteiger partial charge in [0.1, 0.15) is 0 Å². The van der Waals surface area contributed by atoms with Crippen molar-refractivity contribution in [2.75, 3.05) is 17.2 Å². The molecule has 3 aromatic carbocycles. The SMILES string of the molecule is Cc1ccc(-c2nc3ccccc3c(-c3ccccc3)c2N2CCSC2=O)cc1. The first-order valence-electron chi connectivity index (χ1n) is 9.72. The predicted molar refractivity (Wildman–Crippen MR) is 123 cm³/mol. The monoisotopic (exact) mass is 396 g/mol. The second kappa shape index (κ2) is 7.37. The molecule has 4 aromatic rings. The number of anilines is 1. The minimum absolute atomic E-state index is 0.0904. The maximum absolute atomic E-state index is 12.8. The van der Waals surface area contributed by atoms with E-state index in [0.29, 0.717) is 6.54 Å². The first-order chi connectivity index (χ1) is 14.2. The van der Waals surface area contributed by atoms with E-state index in [4.69, 9.17) is 4.98 Å². The lowest BCUT2D eigenvalue weighted by Crippen LogP contribution is -2.24. The summed E-state index contributed by atoms with van der Waals surface area (Å²) in [4.78, 5) is 19.7. The normalized spacial score (nSPS) is 14.0. The number of benzene rings is 3. The number of nitrogens with zero attached hydrogens (tertiary/aromatic N) is 2. The highest BCUT2D eigenvalue weighted by molar-refractivity contribution is 8.14. The molecule has 142 valence electrons. The van der Waals surface area contributed by atoms with E-state index in [1.165, 1.54) is 17.3 Å². The first kappa shape index (κ1) is 18.0. The van der Waals surface area contributed by atoms with Crippen molar-refractivity contribution in [3.05, 3.63) is 84.4 Å². The number of carbonyl (C=O) groups excluding carboxylic acids is 1. The molecule has 0 aliphatic carbocycles. The molecule has 29 heavy (non-hydrogen) atoms. The number of aryl methyl sites for hydroxylation is 1. The minimum Gasteiger partial charge on any atom is -0.300 e. The van der Waals surface area contributed by atoms with E-state index in [-0.39, 0.29) is 5.24 Å². The highest BCUT2D eigenvalue weighted by Crippen LogP contribution is 2.44. The van der Waals surface area contributed by atoms with Crippen molar-refractivity contribution in [2.24, 2.45) is 0 Å². The van der Waals surface area contributed by atoms with Gasteiger partial charge in [-0.1, -0.05) is 90.1 Å². The zero-order valence-electron chi connectivity index (χ0n) is 16.1. The minimum atomic E-state index is 0.0904. The van der Waals surface area contributed by atoms with Crippen LogP contribution in [0.5, 0.6) is 0 Å². The Morgan fingerprint density at radius 3 is 2.31 bits per heavy atom. The molecule has 4 heteroatoms. The van der Waals surface area contributed by atoms with Crippen LogP contribution in [0.2, 0.25) is 0 Å². The van der Waals surface area contributed by atoms with Crippen LogP contribution in [-0.2, 0) is 0 Å². The summed E-state index contributed by atoms with van der Waals surface area (Å²) in [6, 6.07) is 26.9. The summed E-state index contributed by atoms with van der Waals surface area (Å²) < 4.78 is 0. The van der Waals surface area contributed by atoms with Gasteiger partial charge in [-0.15, -0.1) is 0 Å². The fourth-order valence-corrected chi connectivity index (χ4v) is 4.66. The van der Waals surface area contributed by atoms with Gasteiger partial charge in [-0.25, -0.2) is 4.98 Å². The molecule has 1 fully saturated rings. The summed E-state index contributed by atoms with van der Waals surface area (Å²) >= 11 is 1.38.